The highest BCUT2D eigenvalue weighted by molar-refractivity contribution is 5.95. The van der Waals surface area contributed by atoms with Gasteiger partial charge in [-0.25, -0.2) is 0 Å². The summed E-state index contributed by atoms with van der Waals surface area (Å²) >= 11 is 0. The molecule has 0 aliphatic carbocycles. The molecule has 1 saturated heterocycles. The second-order valence-electron chi connectivity index (χ2n) is 7.61. The second-order valence-corrected chi connectivity index (χ2v) is 7.61. The Kier molecular flexibility index (Phi) is 5.76. The molecule has 0 radical (unpaired) electrons. The lowest BCUT2D eigenvalue weighted by atomic mass is 10.0. The average molecular weight is 389 g/mol. The van der Waals surface area contributed by atoms with Gasteiger partial charge in [0.25, 0.3) is 5.91 Å². The molecular weight excluding hydrogens is 362 g/mol. The summed E-state index contributed by atoms with van der Waals surface area (Å²) in [7, 11) is 0. The Bertz CT molecular complexity index is 989. The van der Waals surface area contributed by atoms with E-state index in [4.69, 9.17) is 9.84 Å². The molecular formula is C24H27N3O2. The summed E-state index contributed by atoms with van der Waals surface area (Å²) in [5.74, 6) is -0.0608. The molecule has 4 rings (SSSR count). The van der Waals surface area contributed by atoms with Gasteiger partial charge < -0.3 is 10.1 Å². The van der Waals surface area contributed by atoms with Crippen LogP contribution in [-0.2, 0) is 11.3 Å². The third-order valence-corrected chi connectivity index (χ3v) is 5.48. The van der Waals surface area contributed by atoms with Crippen LogP contribution in [0.1, 0.15) is 40.2 Å². The Morgan fingerprint density at radius 3 is 2.76 bits per heavy atom. The minimum absolute atomic E-state index is 0.0608. The zero-order valence-electron chi connectivity index (χ0n) is 17.0. The van der Waals surface area contributed by atoms with Crippen LogP contribution in [-0.4, -0.2) is 34.9 Å². The van der Waals surface area contributed by atoms with Crippen molar-refractivity contribution in [3.8, 4) is 11.1 Å². The third kappa shape index (κ3) is 4.40. The number of hydrogen-bond acceptors (Lipinski definition) is 3. The van der Waals surface area contributed by atoms with Crippen molar-refractivity contribution in [3.63, 3.8) is 0 Å². The van der Waals surface area contributed by atoms with Crippen LogP contribution in [0.5, 0.6) is 0 Å². The Morgan fingerprint density at radius 2 is 2.00 bits per heavy atom. The van der Waals surface area contributed by atoms with Crippen molar-refractivity contribution in [1.29, 1.82) is 0 Å². The van der Waals surface area contributed by atoms with Crippen molar-refractivity contribution < 1.29 is 9.53 Å². The topological polar surface area (TPSA) is 56.2 Å². The molecule has 3 aromatic rings. The largest absolute Gasteiger partial charge is 0.376 e. The summed E-state index contributed by atoms with van der Waals surface area (Å²) in [6.07, 6.45) is 2.23. The molecule has 2 aromatic carbocycles. The summed E-state index contributed by atoms with van der Waals surface area (Å²) in [4.78, 5) is 12.6. The molecule has 0 saturated carbocycles. The standard InChI is InChI=1S/C24H27N3O2/c1-17-23(18(2)27(26-17)16-19-8-4-3-5-9-19)20-10-6-11-21(14-20)24(28)25-15-22-12-7-13-29-22/h3-6,8-11,14,22H,7,12-13,15-16H2,1-2H3,(H,25,28). The van der Waals surface area contributed by atoms with E-state index in [9.17, 15) is 4.79 Å². The lowest BCUT2D eigenvalue weighted by Gasteiger charge is -2.11. The molecule has 1 amide bonds. The van der Waals surface area contributed by atoms with Crippen molar-refractivity contribution in [2.45, 2.75) is 39.3 Å². The van der Waals surface area contributed by atoms with Crippen molar-refractivity contribution in [2.24, 2.45) is 0 Å². The van der Waals surface area contributed by atoms with Crippen molar-refractivity contribution >= 4 is 5.91 Å². The van der Waals surface area contributed by atoms with E-state index in [0.29, 0.717) is 12.1 Å². The summed E-state index contributed by atoms with van der Waals surface area (Å²) in [5.41, 5.74) is 6.06. The lowest BCUT2D eigenvalue weighted by molar-refractivity contribution is 0.0858. The number of carbonyl (C=O) groups is 1. The minimum Gasteiger partial charge on any atom is -0.376 e. The van der Waals surface area contributed by atoms with Crippen molar-refractivity contribution in [1.82, 2.24) is 15.1 Å². The van der Waals surface area contributed by atoms with Gasteiger partial charge in [0, 0.05) is 30.0 Å². The molecule has 1 fully saturated rings. The maximum Gasteiger partial charge on any atom is 0.251 e. The smallest absolute Gasteiger partial charge is 0.251 e. The number of aryl methyl sites for hydroxylation is 1. The first-order valence-electron chi connectivity index (χ1n) is 10.2. The summed E-state index contributed by atoms with van der Waals surface area (Å²) in [6, 6.07) is 18.1. The zero-order chi connectivity index (χ0) is 20.2. The first kappa shape index (κ1) is 19.4. The van der Waals surface area contributed by atoms with Crippen molar-refractivity contribution in [2.75, 3.05) is 13.2 Å². The number of nitrogens with one attached hydrogen (secondary N) is 1. The maximum atomic E-state index is 12.6. The fraction of sp³-hybridized carbons (Fsp3) is 0.333. The fourth-order valence-corrected chi connectivity index (χ4v) is 3.95. The highest BCUT2D eigenvalue weighted by Gasteiger charge is 2.18. The Morgan fingerprint density at radius 1 is 1.17 bits per heavy atom. The summed E-state index contributed by atoms with van der Waals surface area (Å²) < 4.78 is 7.62. The fourth-order valence-electron chi connectivity index (χ4n) is 3.95. The summed E-state index contributed by atoms with van der Waals surface area (Å²) in [6.45, 7) is 6.20. The molecule has 5 heteroatoms. The van der Waals surface area contributed by atoms with Crippen LogP contribution in [0.2, 0.25) is 0 Å². The van der Waals surface area contributed by atoms with Gasteiger partial charge in [0.15, 0.2) is 0 Å². The van der Waals surface area contributed by atoms with Gasteiger partial charge in [0.05, 0.1) is 18.3 Å². The van der Waals surface area contributed by atoms with Gasteiger partial charge in [0.1, 0.15) is 0 Å². The second kappa shape index (κ2) is 8.62. The lowest BCUT2D eigenvalue weighted by Crippen LogP contribution is -2.31. The first-order chi connectivity index (χ1) is 14.1. The Hall–Kier alpha value is -2.92. The molecule has 1 aliphatic rings. The van der Waals surface area contributed by atoms with Gasteiger partial charge in [-0.3, -0.25) is 9.48 Å². The van der Waals surface area contributed by atoms with Gasteiger partial charge in [-0.05, 0) is 49.9 Å². The van der Waals surface area contributed by atoms with Gasteiger partial charge in [-0.15, -0.1) is 0 Å². The number of amides is 1. The van der Waals surface area contributed by atoms with E-state index >= 15 is 0 Å². The monoisotopic (exact) mass is 389 g/mol. The van der Waals surface area contributed by atoms with E-state index < -0.39 is 0 Å². The molecule has 1 N–H and O–H groups in total. The Balaban J connectivity index is 1.54. The molecule has 29 heavy (non-hydrogen) atoms. The third-order valence-electron chi connectivity index (χ3n) is 5.48. The molecule has 150 valence electrons. The van der Waals surface area contributed by atoms with Crippen molar-refractivity contribution in [3.05, 3.63) is 77.1 Å². The highest BCUT2D eigenvalue weighted by atomic mass is 16.5. The maximum absolute atomic E-state index is 12.6. The number of rotatable bonds is 6. The zero-order valence-corrected chi connectivity index (χ0v) is 17.0. The average Bonchev–Trinajstić information content (AvgIpc) is 3.35. The quantitative estimate of drug-likeness (QED) is 0.690. The van der Waals surface area contributed by atoms with E-state index in [0.717, 1.165) is 48.5 Å². The predicted octanol–water partition coefficient (Wildman–Crippen LogP) is 4.12. The van der Waals surface area contributed by atoms with Crippen LogP contribution in [0.15, 0.2) is 54.6 Å². The van der Waals surface area contributed by atoms with E-state index in [2.05, 4.69) is 24.4 Å². The number of hydrogen-bond donors (Lipinski definition) is 1. The van der Waals surface area contributed by atoms with E-state index in [1.54, 1.807) is 0 Å². The van der Waals surface area contributed by atoms with Gasteiger partial charge in [0.2, 0.25) is 0 Å². The van der Waals surface area contributed by atoms with Crippen LogP contribution in [0.3, 0.4) is 0 Å². The predicted molar refractivity (Wildman–Crippen MR) is 114 cm³/mol. The van der Waals surface area contributed by atoms with Crippen LogP contribution >= 0.6 is 0 Å². The van der Waals surface area contributed by atoms with Crippen LogP contribution < -0.4 is 5.32 Å². The number of nitrogens with zero attached hydrogens (tertiary/aromatic N) is 2. The molecule has 0 spiro atoms. The minimum atomic E-state index is -0.0608. The Labute approximate surface area is 171 Å². The number of aromatic nitrogens is 2. The molecule has 1 atom stereocenters. The SMILES string of the molecule is Cc1nn(Cc2ccccc2)c(C)c1-c1cccc(C(=O)NCC2CCCO2)c1. The highest BCUT2D eigenvalue weighted by Crippen LogP contribution is 2.28. The molecule has 1 aromatic heterocycles. The number of carbonyl (C=O) groups excluding carboxylic acids is 1. The molecule has 1 unspecified atom stereocenters. The number of benzene rings is 2. The molecule has 0 bridgehead atoms. The van der Waals surface area contributed by atoms with Crippen LogP contribution in [0.4, 0.5) is 0 Å². The van der Waals surface area contributed by atoms with E-state index in [-0.39, 0.29) is 12.0 Å². The normalized spacial score (nSPS) is 16.1. The molecule has 1 aliphatic heterocycles. The molecule has 5 nitrogen and oxygen atoms in total. The van der Waals surface area contributed by atoms with Gasteiger partial charge >= 0.3 is 0 Å². The number of ether oxygens (including phenoxy) is 1. The van der Waals surface area contributed by atoms with Crippen LogP contribution in [0, 0.1) is 13.8 Å². The van der Waals surface area contributed by atoms with E-state index in [1.165, 1.54) is 5.56 Å². The van der Waals surface area contributed by atoms with E-state index in [1.807, 2.05) is 54.1 Å². The van der Waals surface area contributed by atoms with Crippen LogP contribution in [0.25, 0.3) is 11.1 Å². The van der Waals surface area contributed by atoms with Gasteiger partial charge in [-0.2, -0.15) is 5.10 Å². The molecule has 2 heterocycles. The first-order valence-corrected chi connectivity index (χ1v) is 10.2. The van der Waals surface area contributed by atoms with Gasteiger partial charge in [-0.1, -0.05) is 42.5 Å². The summed E-state index contributed by atoms with van der Waals surface area (Å²) in [5, 5.41) is 7.75.